The molecule has 0 radical (unpaired) electrons. The molecular weight excluding hydrogens is 494 g/mol. The van der Waals surface area contributed by atoms with Crippen LogP contribution in [0.4, 0.5) is 0 Å². The summed E-state index contributed by atoms with van der Waals surface area (Å²) in [6.45, 7) is 20.3. The number of hydrogen-bond acceptors (Lipinski definition) is 6. The van der Waals surface area contributed by atoms with Crippen LogP contribution in [-0.4, -0.2) is 62.9 Å². The Balaban J connectivity index is 2.43. The van der Waals surface area contributed by atoms with Crippen molar-refractivity contribution in [2.24, 2.45) is 0 Å². The smallest absolute Gasteiger partial charge is 0.217 e. The van der Waals surface area contributed by atoms with Crippen molar-refractivity contribution < 1.29 is 28.2 Å². The van der Waals surface area contributed by atoms with Gasteiger partial charge in [0.25, 0.3) is 0 Å². The van der Waals surface area contributed by atoms with Gasteiger partial charge < -0.3 is 28.7 Å². The summed E-state index contributed by atoms with van der Waals surface area (Å²) in [7, 11) is -2.18. The van der Waals surface area contributed by atoms with E-state index >= 15 is 0 Å². The molecule has 2 heterocycles. The van der Waals surface area contributed by atoms with Crippen molar-refractivity contribution in [2.75, 3.05) is 6.61 Å². The molecule has 0 spiro atoms. The molecule has 32 heavy (non-hydrogen) atoms. The van der Waals surface area contributed by atoms with Crippen LogP contribution in [0.5, 0.6) is 0 Å². The van der Waals surface area contributed by atoms with Crippen LogP contribution < -0.4 is 5.32 Å². The normalized spacial score (nSPS) is 29.2. The SMILES string of the molecule is CC(=O)N[C@@H]([C@H]1OC(C)(C)O[C@@H]1[C@H]1COC(C)(C)O1)[C@H](CC#CBr)O[Si](C)(C)C(C)(C)C. The van der Waals surface area contributed by atoms with Crippen LogP contribution in [0, 0.1) is 10.8 Å². The molecule has 0 aliphatic carbocycles. The minimum atomic E-state index is -2.18. The quantitative estimate of drug-likeness (QED) is 0.388. The molecule has 2 fully saturated rings. The standard InChI is InChI=1S/C23H40BrNO6Si/c1-15(26)25-18(16(12-11-13-24)31-32(9,10)21(2,3)4)20-19(29-23(7,8)30-20)17-14-27-22(5,6)28-17/h16-20H,12,14H2,1-10H3,(H,25,26)/t16-,17+,18+,19+,20+/m0/s1. The van der Waals surface area contributed by atoms with Gasteiger partial charge in [0.15, 0.2) is 19.9 Å². The van der Waals surface area contributed by atoms with E-state index in [-0.39, 0.29) is 23.2 Å². The lowest BCUT2D eigenvalue weighted by Gasteiger charge is -2.42. The largest absolute Gasteiger partial charge is 0.411 e. The second-order valence-corrected chi connectivity index (χ2v) is 16.2. The molecule has 0 bridgehead atoms. The summed E-state index contributed by atoms with van der Waals surface area (Å²) in [5, 5.41) is 3.08. The first-order chi connectivity index (χ1) is 14.5. The van der Waals surface area contributed by atoms with Gasteiger partial charge in [-0.2, -0.15) is 0 Å². The summed E-state index contributed by atoms with van der Waals surface area (Å²) in [5.74, 6) is 1.37. The lowest BCUT2D eigenvalue weighted by atomic mass is 9.95. The Morgan fingerprint density at radius 1 is 1.19 bits per heavy atom. The van der Waals surface area contributed by atoms with Gasteiger partial charge in [-0.3, -0.25) is 4.79 Å². The fraction of sp³-hybridized carbons (Fsp3) is 0.870. The Morgan fingerprint density at radius 2 is 1.81 bits per heavy atom. The Hall–Kier alpha value is -0.473. The van der Waals surface area contributed by atoms with Gasteiger partial charge >= 0.3 is 0 Å². The molecule has 1 amide bonds. The third kappa shape index (κ3) is 7.01. The molecular formula is C23H40BrNO6Si. The first kappa shape index (κ1) is 27.8. The van der Waals surface area contributed by atoms with Crippen molar-refractivity contribution in [3.05, 3.63) is 0 Å². The predicted molar refractivity (Wildman–Crippen MR) is 130 cm³/mol. The molecule has 0 aromatic rings. The maximum atomic E-state index is 12.3. The maximum absolute atomic E-state index is 12.3. The average Bonchev–Trinajstić information content (AvgIpc) is 3.13. The number of ether oxygens (including phenoxy) is 4. The zero-order valence-electron chi connectivity index (χ0n) is 21.1. The van der Waals surface area contributed by atoms with Gasteiger partial charge in [0.2, 0.25) is 5.91 Å². The van der Waals surface area contributed by atoms with Crippen LogP contribution in [0.1, 0.15) is 61.8 Å². The summed E-state index contributed by atoms with van der Waals surface area (Å²) >= 11 is 3.19. The van der Waals surface area contributed by atoms with Crippen LogP contribution >= 0.6 is 15.9 Å². The monoisotopic (exact) mass is 533 g/mol. The van der Waals surface area contributed by atoms with E-state index in [4.69, 9.17) is 23.4 Å². The Kier molecular flexibility index (Phi) is 8.70. The fourth-order valence-electron chi connectivity index (χ4n) is 3.82. The highest BCUT2D eigenvalue weighted by Gasteiger charge is 2.54. The molecule has 0 aromatic heterocycles. The summed E-state index contributed by atoms with van der Waals surface area (Å²) < 4.78 is 31.4. The number of carbonyl (C=O) groups excluding carboxylic acids is 1. The van der Waals surface area contributed by atoms with Gasteiger partial charge in [-0.15, -0.1) is 0 Å². The van der Waals surface area contributed by atoms with Crippen LogP contribution in [0.15, 0.2) is 0 Å². The molecule has 2 rings (SSSR count). The third-order valence-electron chi connectivity index (χ3n) is 6.31. The van der Waals surface area contributed by atoms with E-state index in [1.165, 1.54) is 6.92 Å². The van der Waals surface area contributed by atoms with Gasteiger partial charge in [-0.25, -0.2) is 0 Å². The molecule has 184 valence electrons. The fourth-order valence-corrected chi connectivity index (χ4v) is 5.32. The number of halogens is 1. The predicted octanol–water partition coefficient (Wildman–Crippen LogP) is 4.30. The molecule has 5 atom stereocenters. The molecule has 0 saturated carbocycles. The van der Waals surface area contributed by atoms with Gasteiger partial charge in [0.05, 0.1) is 18.8 Å². The van der Waals surface area contributed by atoms with Crippen molar-refractivity contribution in [1.82, 2.24) is 5.32 Å². The third-order valence-corrected chi connectivity index (χ3v) is 11.1. The Bertz CT molecular complexity index is 739. The Morgan fingerprint density at radius 3 is 2.28 bits per heavy atom. The van der Waals surface area contributed by atoms with Crippen molar-refractivity contribution in [1.29, 1.82) is 0 Å². The number of hydrogen-bond donors (Lipinski definition) is 1. The number of nitrogens with one attached hydrogen (secondary N) is 1. The minimum absolute atomic E-state index is 0.00795. The molecule has 9 heteroatoms. The second-order valence-electron chi connectivity index (χ2n) is 11.1. The number of rotatable bonds is 7. The minimum Gasteiger partial charge on any atom is -0.411 e. The molecule has 2 saturated heterocycles. The van der Waals surface area contributed by atoms with E-state index in [0.717, 1.165) is 0 Å². The number of carbonyl (C=O) groups is 1. The van der Waals surface area contributed by atoms with Gasteiger partial charge in [-0.05, 0) is 50.7 Å². The Labute approximate surface area is 202 Å². The van der Waals surface area contributed by atoms with Crippen molar-refractivity contribution in [2.45, 2.75) is 122 Å². The highest BCUT2D eigenvalue weighted by atomic mass is 79.9. The maximum Gasteiger partial charge on any atom is 0.217 e. The zero-order valence-corrected chi connectivity index (χ0v) is 23.7. The van der Waals surface area contributed by atoms with Gasteiger partial charge in [0.1, 0.15) is 18.3 Å². The van der Waals surface area contributed by atoms with E-state index < -0.39 is 38.1 Å². The first-order valence-corrected chi connectivity index (χ1v) is 14.9. The summed E-state index contributed by atoms with van der Waals surface area (Å²) in [6, 6.07) is -0.478. The van der Waals surface area contributed by atoms with Crippen LogP contribution in [0.2, 0.25) is 18.1 Å². The molecule has 7 nitrogen and oxygen atoms in total. The highest BCUT2D eigenvalue weighted by Crippen LogP contribution is 2.41. The summed E-state index contributed by atoms with van der Waals surface area (Å²) in [4.78, 5) is 15.1. The number of amides is 1. The van der Waals surface area contributed by atoms with Crippen LogP contribution in [-0.2, 0) is 28.2 Å². The lowest BCUT2D eigenvalue weighted by molar-refractivity contribution is -0.175. The van der Waals surface area contributed by atoms with E-state index in [0.29, 0.717) is 13.0 Å². The molecule has 0 aromatic carbocycles. The first-order valence-electron chi connectivity index (χ1n) is 11.2. The van der Waals surface area contributed by atoms with Gasteiger partial charge in [-0.1, -0.05) is 26.7 Å². The average molecular weight is 535 g/mol. The molecule has 0 unspecified atom stereocenters. The zero-order chi connectivity index (χ0) is 24.5. The van der Waals surface area contributed by atoms with Crippen molar-refractivity contribution in [3.63, 3.8) is 0 Å². The van der Waals surface area contributed by atoms with Crippen LogP contribution in [0.3, 0.4) is 0 Å². The molecule has 2 aliphatic rings. The molecule has 1 N–H and O–H groups in total. The van der Waals surface area contributed by atoms with Gasteiger partial charge in [0, 0.05) is 29.3 Å². The second kappa shape index (κ2) is 10.0. The lowest BCUT2D eigenvalue weighted by Crippen LogP contribution is -2.59. The topological polar surface area (TPSA) is 75.3 Å². The highest BCUT2D eigenvalue weighted by molar-refractivity contribution is 9.12. The molecule has 2 aliphatic heterocycles. The van der Waals surface area contributed by atoms with E-state index in [1.807, 2.05) is 27.7 Å². The van der Waals surface area contributed by atoms with Crippen LogP contribution in [0.25, 0.3) is 0 Å². The van der Waals surface area contributed by atoms with E-state index in [1.54, 1.807) is 0 Å². The van der Waals surface area contributed by atoms with Crippen molar-refractivity contribution >= 4 is 30.2 Å². The summed E-state index contributed by atoms with van der Waals surface area (Å²) in [5.41, 5.74) is 0. The van der Waals surface area contributed by atoms with E-state index in [9.17, 15) is 4.79 Å². The van der Waals surface area contributed by atoms with Crippen molar-refractivity contribution in [3.8, 4) is 10.8 Å². The summed E-state index contributed by atoms with van der Waals surface area (Å²) in [6.07, 6.45) is -1.22. The van der Waals surface area contributed by atoms with E-state index in [2.05, 4.69) is 65.9 Å².